The number of anilines is 1. The van der Waals surface area contributed by atoms with Crippen molar-refractivity contribution in [2.45, 2.75) is 19.3 Å². The molecule has 34 heavy (non-hydrogen) atoms. The van der Waals surface area contributed by atoms with E-state index < -0.39 is 11.7 Å². The number of alkyl halides is 3. The number of rotatable bonds is 9. The summed E-state index contributed by atoms with van der Waals surface area (Å²) in [5, 5.41) is 0.614. The highest BCUT2D eigenvalue weighted by Gasteiger charge is 2.31. The van der Waals surface area contributed by atoms with Gasteiger partial charge in [0.2, 0.25) is 0 Å². The van der Waals surface area contributed by atoms with E-state index in [-0.39, 0.29) is 0 Å². The molecule has 0 aliphatic heterocycles. The lowest BCUT2D eigenvalue weighted by molar-refractivity contribution is -0.137. The molecule has 2 N–H and O–H groups in total. The lowest BCUT2D eigenvalue weighted by Gasteiger charge is -2.22. The van der Waals surface area contributed by atoms with E-state index in [0.29, 0.717) is 53.1 Å². The Labute approximate surface area is 199 Å². The van der Waals surface area contributed by atoms with E-state index in [0.717, 1.165) is 23.3 Å². The van der Waals surface area contributed by atoms with E-state index in [9.17, 15) is 13.2 Å². The zero-order chi connectivity index (χ0) is 24.1. The topological polar surface area (TPSA) is 60.6 Å². The van der Waals surface area contributed by atoms with Crippen molar-refractivity contribution in [2.24, 2.45) is 5.73 Å². The van der Waals surface area contributed by atoms with E-state index in [1.807, 2.05) is 53.4 Å². The van der Waals surface area contributed by atoms with E-state index in [1.54, 1.807) is 7.11 Å². The predicted molar refractivity (Wildman–Crippen MR) is 128 cm³/mol. The van der Waals surface area contributed by atoms with Gasteiger partial charge in [0.05, 0.1) is 22.9 Å². The molecule has 1 aromatic heterocycles. The van der Waals surface area contributed by atoms with Crippen molar-refractivity contribution in [3.05, 3.63) is 83.4 Å². The number of nitrogens with two attached hydrogens (primary N) is 1. The summed E-state index contributed by atoms with van der Waals surface area (Å²) in [6, 6.07) is 19.1. The number of nitrogens with zero attached hydrogens (tertiary/aromatic N) is 2. The first-order chi connectivity index (χ1) is 16.4. The number of hydrogen-bond donors (Lipinski definition) is 1. The molecule has 0 aliphatic rings. The molecule has 4 aromatic rings. The van der Waals surface area contributed by atoms with Crippen LogP contribution in [0.1, 0.15) is 16.7 Å². The molecule has 5 nitrogen and oxygen atoms in total. The third kappa shape index (κ3) is 5.60. The monoisotopic (exact) mass is 487 g/mol. The van der Waals surface area contributed by atoms with Crippen molar-refractivity contribution in [3.8, 4) is 11.5 Å². The van der Waals surface area contributed by atoms with Crippen LogP contribution in [0.2, 0.25) is 0 Å². The number of halogens is 3. The van der Waals surface area contributed by atoms with Crippen LogP contribution in [-0.2, 0) is 19.3 Å². The van der Waals surface area contributed by atoms with Crippen LogP contribution >= 0.6 is 11.3 Å². The van der Waals surface area contributed by atoms with Crippen LogP contribution in [0.15, 0.2) is 66.7 Å². The molecule has 178 valence electrons. The van der Waals surface area contributed by atoms with Crippen molar-refractivity contribution in [1.29, 1.82) is 0 Å². The second-order valence-corrected chi connectivity index (χ2v) is 8.66. The van der Waals surface area contributed by atoms with Crippen LogP contribution in [0, 0.1) is 0 Å². The fourth-order valence-electron chi connectivity index (χ4n) is 3.51. The number of hydrogen-bond acceptors (Lipinski definition) is 6. The Bertz CT molecular complexity index is 1250. The number of thiazole rings is 1. The van der Waals surface area contributed by atoms with Gasteiger partial charge in [-0.15, -0.1) is 0 Å². The molecule has 0 saturated carbocycles. The van der Waals surface area contributed by atoms with E-state index in [2.05, 4.69) is 4.98 Å². The van der Waals surface area contributed by atoms with Gasteiger partial charge in [-0.3, -0.25) is 0 Å². The Morgan fingerprint density at radius 2 is 1.76 bits per heavy atom. The fraction of sp³-hybridized carbons (Fsp3) is 0.240. The number of aromatic nitrogens is 1. The van der Waals surface area contributed by atoms with Crippen molar-refractivity contribution >= 4 is 26.7 Å². The molecule has 9 heteroatoms. The minimum Gasteiger partial charge on any atom is -0.493 e. The molecule has 0 saturated heterocycles. The Hall–Kier alpha value is -3.30. The fourth-order valence-corrected chi connectivity index (χ4v) is 4.48. The largest absolute Gasteiger partial charge is 0.493 e. The third-order valence-corrected chi connectivity index (χ3v) is 6.31. The second-order valence-electron chi connectivity index (χ2n) is 7.65. The van der Waals surface area contributed by atoms with E-state index >= 15 is 0 Å². The summed E-state index contributed by atoms with van der Waals surface area (Å²) in [6.07, 6.45) is -4.41. The van der Waals surface area contributed by atoms with Crippen LogP contribution in [0.25, 0.3) is 10.2 Å². The zero-order valence-corrected chi connectivity index (χ0v) is 19.3. The van der Waals surface area contributed by atoms with Gasteiger partial charge in [0.25, 0.3) is 0 Å². The van der Waals surface area contributed by atoms with Gasteiger partial charge >= 0.3 is 6.18 Å². The quantitative estimate of drug-likeness (QED) is 0.320. The zero-order valence-electron chi connectivity index (χ0n) is 18.5. The molecule has 0 aliphatic carbocycles. The maximum atomic E-state index is 13.1. The molecule has 0 spiro atoms. The highest BCUT2D eigenvalue weighted by molar-refractivity contribution is 7.22. The average molecular weight is 488 g/mol. The Morgan fingerprint density at radius 3 is 2.47 bits per heavy atom. The first-order valence-corrected chi connectivity index (χ1v) is 11.5. The van der Waals surface area contributed by atoms with Crippen LogP contribution in [-0.4, -0.2) is 25.2 Å². The number of benzene rings is 3. The maximum absolute atomic E-state index is 13.1. The highest BCUT2D eigenvalue weighted by Crippen LogP contribution is 2.36. The lowest BCUT2D eigenvalue weighted by atomic mass is 10.2. The van der Waals surface area contributed by atoms with Crippen LogP contribution in [0.5, 0.6) is 11.5 Å². The van der Waals surface area contributed by atoms with Crippen molar-refractivity contribution in [3.63, 3.8) is 0 Å². The summed E-state index contributed by atoms with van der Waals surface area (Å²) < 4.78 is 51.4. The first kappa shape index (κ1) is 23.8. The van der Waals surface area contributed by atoms with Gasteiger partial charge in [0.1, 0.15) is 6.61 Å². The van der Waals surface area contributed by atoms with Gasteiger partial charge in [-0.1, -0.05) is 47.7 Å². The molecule has 4 rings (SSSR count). The third-order valence-electron chi connectivity index (χ3n) is 5.21. The van der Waals surface area contributed by atoms with Crippen molar-refractivity contribution in [1.82, 2.24) is 4.98 Å². The molecule has 0 amide bonds. The Kier molecular flexibility index (Phi) is 7.23. The Balaban J connectivity index is 1.54. The normalized spacial score (nSPS) is 11.6. The smallest absolute Gasteiger partial charge is 0.416 e. The summed E-state index contributed by atoms with van der Waals surface area (Å²) in [5.41, 5.74) is 7.41. The number of fused-ring (bicyclic) bond motifs is 1. The summed E-state index contributed by atoms with van der Waals surface area (Å²) in [4.78, 5) is 6.41. The molecule has 0 atom stereocenters. The summed E-state index contributed by atoms with van der Waals surface area (Å²) in [5.74, 6) is 1.22. The van der Waals surface area contributed by atoms with Gasteiger partial charge in [-0.25, -0.2) is 4.98 Å². The molecule has 0 bridgehead atoms. The minimum atomic E-state index is -4.41. The standard InChI is InChI=1S/C25H24F3N3O2S/c1-32-22-13-18(7-9-21(22)33-16-17-5-3-2-4-6-17)15-31(12-11-29)24-30-20-14-19(25(26,27)28)8-10-23(20)34-24/h2-10,13-14H,11-12,15-16,29H2,1H3. The maximum Gasteiger partial charge on any atom is 0.416 e. The molecule has 0 radical (unpaired) electrons. The second kappa shape index (κ2) is 10.3. The van der Waals surface area contributed by atoms with E-state index in [1.165, 1.54) is 17.4 Å². The van der Waals surface area contributed by atoms with Gasteiger partial charge < -0.3 is 20.1 Å². The van der Waals surface area contributed by atoms with Gasteiger partial charge in [-0.2, -0.15) is 13.2 Å². The summed E-state index contributed by atoms with van der Waals surface area (Å²) in [7, 11) is 1.58. The molecular formula is C25H24F3N3O2S. The van der Waals surface area contributed by atoms with Crippen LogP contribution in [0.3, 0.4) is 0 Å². The number of methoxy groups -OCH3 is 1. The average Bonchev–Trinajstić information content (AvgIpc) is 3.26. The van der Waals surface area contributed by atoms with Crippen molar-refractivity contribution < 1.29 is 22.6 Å². The molecular weight excluding hydrogens is 463 g/mol. The summed E-state index contributed by atoms with van der Waals surface area (Å²) in [6.45, 7) is 1.76. The molecule has 0 fully saturated rings. The van der Waals surface area contributed by atoms with Crippen LogP contribution in [0.4, 0.5) is 18.3 Å². The van der Waals surface area contributed by atoms with Gasteiger partial charge in [0.15, 0.2) is 16.6 Å². The molecule has 1 heterocycles. The van der Waals surface area contributed by atoms with Gasteiger partial charge in [-0.05, 0) is 41.5 Å². The highest BCUT2D eigenvalue weighted by atomic mass is 32.1. The first-order valence-electron chi connectivity index (χ1n) is 10.6. The van der Waals surface area contributed by atoms with E-state index in [4.69, 9.17) is 15.2 Å². The van der Waals surface area contributed by atoms with Crippen LogP contribution < -0.4 is 20.1 Å². The predicted octanol–water partition coefficient (Wildman–Crippen LogP) is 5.87. The summed E-state index contributed by atoms with van der Waals surface area (Å²) >= 11 is 1.34. The number of ether oxygens (including phenoxy) is 2. The molecule has 0 unspecified atom stereocenters. The Morgan fingerprint density at radius 1 is 0.971 bits per heavy atom. The lowest BCUT2D eigenvalue weighted by Crippen LogP contribution is -2.28. The van der Waals surface area contributed by atoms with Gasteiger partial charge in [0, 0.05) is 19.6 Å². The minimum absolute atomic E-state index is 0.319. The SMILES string of the molecule is COc1cc(CN(CCN)c2nc3cc(C(F)(F)F)ccc3s2)ccc1OCc1ccccc1. The van der Waals surface area contributed by atoms with Crippen molar-refractivity contribution in [2.75, 3.05) is 25.1 Å². The molecule has 3 aromatic carbocycles.